The highest BCUT2D eigenvalue weighted by Crippen LogP contribution is 2.36. The third-order valence-electron chi connectivity index (χ3n) is 4.24. The van der Waals surface area contributed by atoms with Gasteiger partial charge in [0.25, 0.3) is 5.88 Å². The van der Waals surface area contributed by atoms with Gasteiger partial charge in [0, 0.05) is 18.2 Å². The van der Waals surface area contributed by atoms with Crippen molar-refractivity contribution in [3.63, 3.8) is 0 Å². The topological polar surface area (TPSA) is 70.0 Å². The molecule has 0 unspecified atom stereocenters. The molecule has 0 fully saturated rings. The van der Waals surface area contributed by atoms with E-state index in [4.69, 9.17) is 9.47 Å². The van der Waals surface area contributed by atoms with Gasteiger partial charge < -0.3 is 9.47 Å². The zero-order valence-electron chi connectivity index (χ0n) is 15.3. The van der Waals surface area contributed by atoms with Crippen LogP contribution in [-0.4, -0.2) is 34.2 Å². The normalized spacial score (nSPS) is 11.4. The van der Waals surface area contributed by atoms with E-state index in [0.29, 0.717) is 22.5 Å². The van der Waals surface area contributed by atoms with Crippen LogP contribution in [0.4, 0.5) is 4.39 Å². The Bertz CT molecular complexity index is 1180. The number of ether oxygens (including phenoxy) is 2. The molecule has 6 nitrogen and oxygen atoms in total. The first-order valence-corrected chi connectivity index (χ1v) is 9.09. The van der Waals surface area contributed by atoms with Crippen molar-refractivity contribution in [1.82, 2.24) is 19.9 Å². The third kappa shape index (κ3) is 3.00. The molecule has 0 N–H and O–H groups in total. The maximum Gasteiger partial charge on any atom is 0.251 e. The number of thiazole rings is 1. The lowest BCUT2D eigenvalue weighted by Gasteiger charge is -2.06. The van der Waals surface area contributed by atoms with Crippen LogP contribution in [0.1, 0.15) is 16.8 Å². The monoisotopic (exact) mass is 384 g/mol. The molecule has 8 heteroatoms. The Kier molecular flexibility index (Phi) is 4.45. The van der Waals surface area contributed by atoms with Crippen LogP contribution in [0, 0.1) is 19.7 Å². The minimum absolute atomic E-state index is 0.0201. The second kappa shape index (κ2) is 6.79. The van der Waals surface area contributed by atoms with Crippen LogP contribution < -0.4 is 4.74 Å². The first-order valence-electron chi connectivity index (χ1n) is 8.28. The van der Waals surface area contributed by atoms with E-state index in [9.17, 15) is 4.39 Å². The van der Waals surface area contributed by atoms with E-state index < -0.39 is 5.82 Å². The molecule has 4 rings (SSSR count). The van der Waals surface area contributed by atoms with E-state index in [2.05, 4.69) is 19.9 Å². The smallest absolute Gasteiger partial charge is 0.251 e. The van der Waals surface area contributed by atoms with Gasteiger partial charge in [-0.05, 0) is 31.5 Å². The van der Waals surface area contributed by atoms with Crippen LogP contribution in [0.3, 0.4) is 0 Å². The van der Waals surface area contributed by atoms with Crippen molar-refractivity contribution in [3.05, 3.63) is 41.0 Å². The molecule has 0 bridgehead atoms. The SMILES string of the molecule is COCc1cnc2c(-c3nc4c(C)c(F)c(OC)nc4s3)cc(C)cc2n1. The van der Waals surface area contributed by atoms with Gasteiger partial charge in [-0.1, -0.05) is 11.3 Å². The maximum atomic E-state index is 14.3. The van der Waals surface area contributed by atoms with E-state index in [1.807, 2.05) is 19.1 Å². The lowest BCUT2D eigenvalue weighted by atomic mass is 10.1. The fraction of sp³-hybridized carbons (Fsp3) is 0.263. The minimum atomic E-state index is -0.486. The number of rotatable bonds is 4. The van der Waals surface area contributed by atoms with Crippen molar-refractivity contribution in [1.29, 1.82) is 0 Å². The molecule has 0 saturated heterocycles. The lowest BCUT2D eigenvalue weighted by molar-refractivity contribution is 0.181. The van der Waals surface area contributed by atoms with Crippen molar-refractivity contribution in [2.24, 2.45) is 0 Å². The number of hydrogen-bond acceptors (Lipinski definition) is 7. The van der Waals surface area contributed by atoms with Crippen LogP contribution in [0.25, 0.3) is 32.0 Å². The fourth-order valence-corrected chi connectivity index (χ4v) is 3.98. The summed E-state index contributed by atoms with van der Waals surface area (Å²) in [5.74, 6) is -0.506. The summed E-state index contributed by atoms with van der Waals surface area (Å²) in [7, 11) is 3.03. The van der Waals surface area contributed by atoms with Gasteiger partial charge in [-0.2, -0.15) is 4.98 Å². The molecular weight excluding hydrogens is 367 g/mol. The zero-order valence-corrected chi connectivity index (χ0v) is 16.1. The number of pyridine rings is 1. The van der Waals surface area contributed by atoms with Crippen molar-refractivity contribution < 1.29 is 13.9 Å². The van der Waals surface area contributed by atoms with Gasteiger partial charge in [0.05, 0.1) is 36.6 Å². The number of methoxy groups -OCH3 is 2. The number of aromatic nitrogens is 4. The van der Waals surface area contributed by atoms with Crippen LogP contribution in [0.5, 0.6) is 5.88 Å². The van der Waals surface area contributed by atoms with Gasteiger partial charge in [0.1, 0.15) is 15.4 Å². The highest BCUT2D eigenvalue weighted by atomic mass is 32.1. The van der Waals surface area contributed by atoms with Crippen molar-refractivity contribution in [2.75, 3.05) is 14.2 Å². The molecular formula is C19H17FN4O2S. The molecule has 0 amide bonds. The lowest BCUT2D eigenvalue weighted by Crippen LogP contribution is -1.96. The summed E-state index contributed by atoms with van der Waals surface area (Å²) >= 11 is 1.38. The molecule has 0 saturated carbocycles. The largest absolute Gasteiger partial charge is 0.479 e. The average Bonchev–Trinajstić information content (AvgIpc) is 3.08. The van der Waals surface area contributed by atoms with Crippen LogP contribution in [0.2, 0.25) is 0 Å². The molecule has 0 aliphatic heterocycles. The van der Waals surface area contributed by atoms with Crippen LogP contribution >= 0.6 is 11.3 Å². The van der Waals surface area contributed by atoms with Crippen LogP contribution in [-0.2, 0) is 11.3 Å². The Balaban J connectivity index is 1.95. The van der Waals surface area contributed by atoms with Crippen molar-refractivity contribution >= 4 is 32.7 Å². The summed E-state index contributed by atoms with van der Waals surface area (Å²) in [5, 5.41) is 0.718. The first kappa shape index (κ1) is 17.7. The van der Waals surface area contributed by atoms with E-state index in [-0.39, 0.29) is 5.88 Å². The second-order valence-corrected chi connectivity index (χ2v) is 7.18. The summed E-state index contributed by atoms with van der Waals surface area (Å²) < 4.78 is 24.5. The molecule has 27 heavy (non-hydrogen) atoms. The van der Waals surface area contributed by atoms with Gasteiger partial charge in [-0.3, -0.25) is 4.98 Å². The van der Waals surface area contributed by atoms with Gasteiger partial charge in [-0.15, -0.1) is 0 Å². The molecule has 3 heterocycles. The Labute approximate surface area is 159 Å². The number of hydrogen-bond donors (Lipinski definition) is 0. The summed E-state index contributed by atoms with van der Waals surface area (Å²) in [6.07, 6.45) is 1.70. The Morgan fingerprint density at radius 1 is 1.07 bits per heavy atom. The Morgan fingerprint density at radius 3 is 2.63 bits per heavy atom. The summed E-state index contributed by atoms with van der Waals surface area (Å²) in [4.78, 5) is 18.7. The third-order valence-corrected chi connectivity index (χ3v) is 5.22. The summed E-state index contributed by atoms with van der Waals surface area (Å²) in [5.41, 5.74) is 5.11. The molecule has 138 valence electrons. The quantitative estimate of drug-likeness (QED) is 0.525. The molecule has 0 aliphatic carbocycles. The van der Waals surface area contributed by atoms with Gasteiger partial charge in [-0.25, -0.2) is 14.4 Å². The number of benzene rings is 1. The van der Waals surface area contributed by atoms with Gasteiger partial charge >= 0.3 is 0 Å². The number of halogens is 1. The highest BCUT2D eigenvalue weighted by molar-refractivity contribution is 7.21. The van der Waals surface area contributed by atoms with Gasteiger partial charge in [0.2, 0.25) is 0 Å². The zero-order chi connectivity index (χ0) is 19.1. The molecule has 0 aliphatic rings. The summed E-state index contributed by atoms with van der Waals surface area (Å²) in [6.45, 7) is 4.07. The molecule has 1 aromatic carbocycles. The molecule has 0 atom stereocenters. The number of nitrogens with zero attached hydrogens (tertiary/aromatic N) is 4. The second-order valence-electron chi connectivity index (χ2n) is 6.21. The van der Waals surface area contributed by atoms with E-state index in [1.165, 1.54) is 18.4 Å². The van der Waals surface area contributed by atoms with E-state index >= 15 is 0 Å². The number of fused-ring (bicyclic) bond motifs is 2. The minimum Gasteiger partial charge on any atom is -0.479 e. The van der Waals surface area contributed by atoms with Crippen LogP contribution in [0.15, 0.2) is 18.3 Å². The fourth-order valence-electron chi connectivity index (χ4n) is 2.97. The van der Waals surface area contributed by atoms with Crippen molar-refractivity contribution in [3.8, 4) is 16.5 Å². The standard InChI is InChI=1S/C19H17FN4O2S/c1-9-5-12(16-13(6-9)22-11(7-21-16)8-25-3)18-23-15-10(2)14(20)17(26-4)24-19(15)27-18/h5-7H,8H2,1-4H3. The molecule has 4 aromatic rings. The molecule has 0 radical (unpaired) electrons. The number of aryl methyl sites for hydroxylation is 2. The van der Waals surface area contributed by atoms with Gasteiger partial charge in [0.15, 0.2) is 5.82 Å². The maximum absolute atomic E-state index is 14.3. The average molecular weight is 384 g/mol. The first-order chi connectivity index (χ1) is 13.0. The Morgan fingerprint density at radius 2 is 1.89 bits per heavy atom. The predicted molar refractivity (Wildman–Crippen MR) is 103 cm³/mol. The van der Waals surface area contributed by atoms with E-state index in [0.717, 1.165) is 32.9 Å². The Hall–Kier alpha value is -2.71. The highest BCUT2D eigenvalue weighted by Gasteiger charge is 2.19. The molecule has 3 aromatic heterocycles. The molecule has 0 spiro atoms. The predicted octanol–water partition coefficient (Wildman–Crippen LogP) is 4.21. The van der Waals surface area contributed by atoms with Crippen molar-refractivity contribution in [2.45, 2.75) is 20.5 Å². The summed E-state index contributed by atoms with van der Waals surface area (Å²) in [6, 6.07) is 3.98. The van der Waals surface area contributed by atoms with E-state index in [1.54, 1.807) is 20.2 Å².